The van der Waals surface area contributed by atoms with E-state index in [4.69, 9.17) is 5.73 Å². The molecule has 56 valence electrons. The van der Waals surface area contributed by atoms with Gasteiger partial charge in [0.15, 0.2) is 0 Å². The predicted octanol–water partition coefficient (Wildman–Crippen LogP) is 2.18. The second-order valence-corrected chi connectivity index (χ2v) is 2.59. The van der Waals surface area contributed by atoms with Crippen LogP contribution in [0.4, 0.5) is 0 Å². The Morgan fingerprint density at radius 2 is 2.20 bits per heavy atom. The molecule has 10 heavy (non-hydrogen) atoms. The van der Waals surface area contributed by atoms with Gasteiger partial charge in [-0.2, -0.15) is 0 Å². The third kappa shape index (κ3) is 2.35. The third-order valence-electron chi connectivity index (χ3n) is 1.22. The normalized spacial score (nSPS) is 14.5. The molecule has 3 heteroatoms. The average Bonchev–Trinajstić information content (AvgIpc) is 2.00. The highest BCUT2D eigenvalue weighted by Crippen LogP contribution is 2.14. The van der Waals surface area contributed by atoms with Gasteiger partial charge in [-0.05, 0) is 42.1 Å². The third-order valence-corrected chi connectivity index (χ3v) is 1.90. The first-order valence-corrected chi connectivity index (χ1v) is 3.68. The van der Waals surface area contributed by atoms with E-state index in [-0.39, 0.29) is 0 Å². The van der Waals surface area contributed by atoms with Crippen molar-refractivity contribution in [3.63, 3.8) is 0 Å². The fourth-order valence-electron chi connectivity index (χ4n) is 0.403. The Morgan fingerprint density at radius 3 is 2.50 bits per heavy atom. The van der Waals surface area contributed by atoms with Crippen LogP contribution in [0.15, 0.2) is 26.9 Å². The van der Waals surface area contributed by atoms with Crippen LogP contribution in [-0.4, -0.2) is 6.72 Å². The first kappa shape index (κ1) is 9.43. The van der Waals surface area contributed by atoms with Crippen molar-refractivity contribution < 1.29 is 0 Å². The smallest absolute Gasteiger partial charge is 0.128 e. The predicted molar refractivity (Wildman–Crippen MR) is 49.1 cm³/mol. The van der Waals surface area contributed by atoms with Crippen molar-refractivity contribution in [1.29, 1.82) is 0 Å². The van der Waals surface area contributed by atoms with Gasteiger partial charge in [0.25, 0.3) is 0 Å². The lowest BCUT2D eigenvalue weighted by molar-refractivity contribution is 1.24. The summed E-state index contributed by atoms with van der Waals surface area (Å²) in [7, 11) is 0. The highest BCUT2D eigenvalue weighted by Gasteiger charge is 1.96. The van der Waals surface area contributed by atoms with Gasteiger partial charge in [-0.25, -0.2) is 0 Å². The van der Waals surface area contributed by atoms with E-state index in [1.54, 1.807) is 0 Å². The summed E-state index contributed by atoms with van der Waals surface area (Å²) in [5.41, 5.74) is 7.25. The van der Waals surface area contributed by atoms with Gasteiger partial charge in [0.05, 0.1) is 5.70 Å². The fourth-order valence-corrected chi connectivity index (χ4v) is 0.716. The molecule has 0 radical (unpaired) electrons. The summed E-state index contributed by atoms with van der Waals surface area (Å²) in [5, 5.41) is 0. The molecule has 0 aromatic rings. The molecule has 0 aromatic heterocycles. The monoisotopic (exact) mass is 202 g/mol. The van der Waals surface area contributed by atoms with Crippen molar-refractivity contribution in [2.24, 2.45) is 10.7 Å². The lowest BCUT2D eigenvalue weighted by Gasteiger charge is -2.00. The average molecular weight is 203 g/mol. The summed E-state index contributed by atoms with van der Waals surface area (Å²) >= 11 is 3.17. The minimum Gasteiger partial charge on any atom is -0.396 e. The number of halogens is 1. The fraction of sp³-hybridized carbons (Fsp3) is 0.286. The van der Waals surface area contributed by atoms with E-state index in [2.05, 4.69) is 27.6 Å². The second-order valence-electron chi connectivity index (χ2n) is 1.83. The van der Waals surface area contributed by atoms with Crippen LogP contribution in [0.2, 0.25) is 0 Å². The zero-order valence-electron chi connectivity index (χ0n) is 6.19. The first-order valence-electron chi connectivity index (χ1n) is 2.88. The van der Waals surface area contributed by atoms with Crippen LogP contribution in [0.1, 0.15) is 13.8 Å². The van der Waals surface area contributed by atoms with E-state index in [0.717, 1.165) is 5.57 Å². The van der Waals surface area contributed by atoms with Gasteiger partial charge in [0.1, 0.15) is 4.61 Å². The van der Waals surface area contributed by atoms with Crippen molar-refractivity contribution in [2.45, 2.75) is 13.8 Å². The summed E-state index contributed by atoms with van der Waals surface area (Å²) in [6.45, 7) is 7.18. The number of nitrogens with zero attached hydrogens (tertiary/aromatic N) is 1. The van der Waals surface area contributed by atoms with Crippen LogP contribution in [0, 0.1) is 0 Å². The largest absolute Gasteiger partial charge is 0.396 e. The molecular weight excluding hydrogens is 192 g/mol. The number of hydrogen-bond acceptors (Lipinski definition) is 2. The van der Waals surface area contributed by atoms with Crippen LogP contribution in [-0.2, 0) is 0 Å². The van der Waals surface area contributed by atoms with E-state index in [1.165, 1.54) is 0 Å². The van der Waals surface area contributed by atoms with E-state index < -0.39 is 0 Å². The van der Waals surface area contributed by atoms with E-state index in [9.17, 15) is 0 Å². The van der Waals surface area contributed by atoms with Gasteiger partial charge in [0.2, 0.25) is 0 Å². The van der Waals surface area contributed by atoms with Gasteiger partial charge in [-0.1, -0.05) is 6.08 Å². The maximum absolute atomic E-state index is 5.61. The Bertz CT molecular complexity index is 192. The topological polar surface area (TPSA) is 38.4 Å². The van der Waals surface area contributed by atoms with Gasteiger partial charge in [-0.3, -0.25) is 4.99 Å². The molecule has 2 N–H and O–H groups in total. The molecule has 0 aliphatic heterocycles. The highest BCUT2D eigenvalue weighted by molar-refractivity contribution is 9.11. The molecule has 0 atom stereocenters. The molecule has 0 saturated heterocycles. The Hall–Kier alpha value is -0.570. The van der Waals surface area contributed by atoms with Crippen molar-refractivity contribution in [2.75, 3.05) is 0 Å². The quantitative estimate of drug-likeness (QED) is 0.417. The first-order chi connectivity index (χ1) is 4.63. The lowest BCUT2D eigenvalue weighted by Crippen LogP contribution is -1.99. The van der Waals surface area contributed by atoms with Crippen LogP contribution in [0.3, 0.4) is 0 Å². The molecule has 0 amide bonds. The molecule has 0 heterocycles. The lowest BCUT2D eigenvalue weighted by atomic mass is 10.2. The van der Waals surface area contributed by atoms with Gasteiger partial charge in [-0.15, -0.1) is 0 Å². The van der Waals surface area contributed by atoms with Crippen molar-refractivity contribution in [1.82, 2.24) is 0 Å². The highest BCUT2D eigenvalue weighted by atomic mass is 79.9. The number of aliphatic imine (C=N–C) groups is 1. The maximum atomic E-state index is 5.61. The van der Waals surface area contributed by atoms with Crippen LogP contribution < -0.4 is 5.73 Å². The number of rotatable bonds is 2. The summed E-state index contributed by atoms with van der Waals surface area (Å²) in [5.74, 6) is 0. The molecule has 2 nitrogen and oxygen atoms in total. The number of hydrogen-bond donors (Lipinski definition) is 1. The van der Waals surface area contributed by atoms with Gasteiger partial charge >= 0.3 is 0 Å². The Balaban J connectivity index is 4.63. The molecule has 0 aliphatic rings. The van der Waals surface area contributed by atoms with Crippen LogP contribution >= 0.6 is 15.9 Å². The molecule has 0 fully saturated rings. The van der Waals surface area contributed by atoms with E-state index in [1.807, 2.05) is 19.9 Å². The van der Waals surface area contributed by atoms with Crippen LogP contribution in [0.5, 0.6) is 0 Å². The summed E-state index contributed by atoms with van der Waals surface area (Å²) < 4.78 is 0.600. The Kier molecular flexibility index (Phi) is 4.03. The van der Waals surface area contributed by atoms with E-state index >= 15 is 0 Å². The molecular formula is C7H11BrN2. The molecule has 0 saturated carbocycles. The minimum absolute atomic E-state index is 0.600. The number of allylic oxidation sites excluding steroid dienone is 2. The molecule has 0 aromatic carbocycles. The van der Waals surface area contributed by atoms with Gasteiger partial charge in [0, 0.05) is 0 Å². The summed E-state index contributed by atoms with van der Waals surface area (Å²) in [6.07, 6.45) is 1.92. The molecule has 0 unspecified atom stereocenters. The molecule has 0 spiro atoms. The second kappa shape index (κ2) is 4.28. The minimum atomic E-state index is 0.600. The Labute approximate surface area is 69.7 Å². The van der Waals surface area contributed by atoms with E-state index in [0.29, 0.717) is 10.3 Å². The molecule has 0 rings (SSSR count). The van der Waals surface area contributed by atoms with Crippen molar-refractivity contribution in [3.8, 4) is 0 Å². The summed E-state index contributed by atoms with van der Waals surface area (Å²) in [4.78, 5) is 3.64. The van der Waals surface area contributed by atoms with Crippen molar-refractivity contribution >= 4 is 22.6 Å². The SMILES string of the molecule is C=N/C(Br)=C(N)\C(C)=C/C. The van der Waals surface area contributed by atoms with Crippen molar-refractivity contribution in [3.05, 3.63) is 22.0 Å². The van der Waals surface area contributed by atoms with Gasteiger partial charge < -0.3 is 5.73 Å². The molecule has 0 bridgehead atoms. The number of nitrogens with two attached hydrogens (primary N) is 1. The zero-order chi connectivity index (χ0) is 8.15. The summed E-state index contributed by atoms with van der Waals surface area (Å²) in [6, 6.07) is 0. The molecule has 0 aliphatic carbocycles. The van der Waals surface area contributed by atoms with Crippen LogP contribution in [0.25, 0.3) is 0 Å². The maximum Gasteiger partial charge on any atom is 0.128 e. The Morgan fingerprint density at radius 1 is 1.70 bits per heavy atom. The zero-order valence-corrected chi connectivity index (χ0v) is 7.77. The standard InChI is InChI=1S/C7H11BrN2/c1-4-5(2)6(9)7(8)10-3/h4H,3,9H2,1-2H3/b5-4-,7-6+.